The molecule has 2 aliphatic rings. The molecule has 2 aliphatic heterocycles. The monoisotopic (exact) mass is 311 g/mol. The lowest BCUT2D eigenvalue weighted by Crippen LogP contribution is -2.15. The second-order valence-corrected chi connectivity index (χ2v) is 5.34. The van der Waals surface area contributed by atoms with Crippen LogP contribution in [0.4, 0.5) is 8.78 Å². The molecule has 0 saturated carbocycles. The first-order chi connectivity index (χ1) is 11.1. The number of aromatic amines is 1. The van der Waals surface area contributed by atoms with E-state index in [0.717, 1.165) is 12.1 Å². The van der Waals surface area contributed by atoms with Crippen molar-refractivity contribution in [3.05, 3.63) is 70.1 Å². The summed E-state index contributed by atoms with van der Waals surface area (Å²) in [6.45, 7) is 1.71. The molecule has 0 spiro atoms. The summed E-state index contributed by atoms with van der Waals surface area (Å²) in [6, 6.07) is 11.1. The van der Waals surface area contributed by atoms with Gasteiger partial charge in [0.05, 0.1) is 16.8 Å². The highest BCUT2D eigenvalue weighted by atomic mass is 19.2. The topological polar surface area (TPSA) is 50.7 Å². The van der Waals surface area contributed by atoms with Crippen LogP contribution in [0, 0.1) is 18.6 Å². The highest BCUT2D eigenvalue weighted by Crippen LogP contribution is 2.30. The number of aromatic nitrogens is 3. The van der Waals surface area contributed by atoms with Crippen molar-refractivity contribution in [1.29, 1.82) is 0 Å². The Hall–Kier alpha value is -3.02. The minimum absolute atomic E-state index is 0.299. The third-order valence-corrected chi connectivity index (χ3v) is 3.86. The predicted octanol–water partition coefficient (Wildman–Crippen LogP) is 3.41. The number of nitrogens with zero attached hydrogens (tertiary/aromatic N) is 2. The maximum atomic E-state index is 13.6. The molecule has 0 unspecified atom stereocenters. The minimum Gasteiger partial charge on any atom is -0.358 e. The normalized spacial score (nSPS) is 11.4. The molecule has 2 heterocycles. The van der Waals surface area contributed by atoms with Crippen molar-refractivity contribution in [3.63, 3.8) is 0 Å². The maximum absolute atomic E-state index is 13.6. The molecule has 4 rings (SSSR count). The van der Waals surface area contributed by atoms with Gasteiger partial charge >= 0.3 is 0 Å². The molecule has 23 heavy (non-hydrogen) atoms. The SMILES string of the molecule is Cc1[nH]c2cc(F)c(F)cc2c2nn(-c3ccccc3)c(=O)c1-2. The summed E-state index contributed by atoms with van der Waals surface area (Å²) in [5.74, 6) is -1.92. The zero-order chi connectivity index (χ0) is 16.1. The Balaban J connectivity index is 2.14. The average Bonchev–Trinajstić information content (AvgIpc) is 2.89. The maximum Gasteiger partial charge on any atom is 0.282 e. The molecule has 0 atom stereocenters. The van der Waals surface area contributed by atoms with E-state index in [1.807, 2.05) is 6.07 Å². The summed E-state index contributed by atoms with van der Waals surface area (Å²) < 4.78 is 28.3. The van der Waals surface area contributed by atoms with E-state index in [-0.39, 0.29) is 5.56 Å². The van der Waals surface area contributed by atoms with E-state index in [1.54, 1.807) is 31.2 Å². The van der Waals surface area contributed by atoms with Crippen molar-refractivity contribution in [2.24, 2.45) is 0 Å². The Kier molecular flexibility index (Phi) is 2.81. The molecule has 0 saturated heterocycles. The van der Waals surface area contributed by atoms with Crippen LogP contribution in [0.1, 0.15) is 5.69 Å². The lowest BCUT2D eigenvalue weighted by molar-refractivity contribution is 0.510. The summed E-state index contributed by atoms with van der Waals surface area (Å²) in [4.78, 5) is 15.6. The van der Waals surface area contributed by atoms with Gasteiger partial charge < -0.3 is 4.98 Å². The van der Waals surface area contributed by atoms with Crippen molar-refractivity contribution in [3.8, 4) is 16.9 Å². The number of rotatable bonds is 1. The van der Waals surface area contributed by atoms with Crippen molar-refractivity contribution in [2.75, 3.05) is 0 Å². The molecular formula is C17H11F2N3O. The number of H-pyrrole nitrogens is 1. The molecular weight excluding hydrogens is 300 g/mol. The number of nitrogens with one attached hydrogen (secondary N) is 1. The number of hydrogen-bond acceptors (Lipinski definition) is 2. The van der Waals surface area contributed by atoms with Crippen LogP contribution in [0.25, 0.3) is 27.8 Å². The van der Waals surface area contributed by atoms with Crippen LogP contribution in [0.5, 0.6) is 0 Å². The van der Waals surface area contributed by atoms with Crippen molar-refractivity contribution in [2.45, 2.75) is 6.92 Å². The van der Waals surface area contributed by atoms with Crippen LogP contribution in [-0.2, 0) is 0 Å². The van der Waals surface area contributed by atoms with Crippen LogP contribution >= 0.6 is 0 Å². The highest BCUT2D eigenvalue weighted by molar-refractivity contribution is 5.94. The summed E-state index contributed by atoms with van der Waals surface area (Å²) in [6.07, 6.45) is 0. The van der Waals surface area contributed by atoms with Crippen LogP contribution in [0.2, 0.25) is 0 Å². The molecule has 6 heteroatoms. The molecule has 0 aliphatic carbocycles. The molecule has 0 radical (unpaired) electrons. The molecule has 1 N–H and O–H groups in total. The Morgan fingerprint density at radius 1 is 1.09 bits per heavy atom. The van der Waals surface area contributed by atoms with E-state index in [1.165, 1.54) is 4.68 Å². The fraction of sp³-hybridized carbons (Fsp3) is 0.0588. The number of hydrogen-bond donors (Lipinski definition) is 1. The van der Waals surface area contributed by atoms with Crippen molar-refractivity contribution in [1.82, 2.24) is 14.8 Å². The van der Waals surface area contributed by atoms with Gasteiger partial charge in [-0.25, -0.2) is 8.78 Å². The van der Waals surface area contributed by atoms with Gasteiger partial charge in [0.1, 0.15) is 5.69 Å². The first-order valence-electron chi connectivity index (χ1n) is 7.02. The minimum atomic E-state index is -0.974. The third-order valence-electron chi connectivity index (χ3n) is 3.86. The van der Waals surface area contributed by atoms with Gasteiger partial charge in [0.2, 0.25) is 0 Å². The fourth-order valence-electron chi connectivity index (χ4n) is 2.78. The lowest BCUT2D eigenvalue weighted by Gasteiger charge is -2.07. The Bertz CT molecular complexity index is 1070. The summed E-state index contributed by atoms with van der Waals surface area (Å²) in [5, 5.41) is 4.71. The van der Waals surface area contributed by atoms with Gasteiger partial charge in [-0.05, 0) is 25.1 Å². The number of halogens is 2. The van der Waals surface area contributed by atoms with E-state index in [0.29, 0.717) is 33.5 Å². The van der Waals surface area contributed by atoms with E-state index in [9.17, 15) is 13.6 Å². The summed E-state index contributed by atoms with van der Waals surface area (Å²) in [5.41, 5.74) is 1.99. The van der Waals surface area contributed by atoms with E-state index >= 15 is 0 Å². The van der Waals surface area contributed by atoms with E-state index in [2.05, 4.69) is 10.1 Å². The number of pyridine rings is 1. The zero-order valence-corrected chi connectivity index (χ0v) is 12.1. The first-order valence-corrected chi connectivity index (χ1v) is 7.02. The van der Waals surface area contributed by atoms with E-state index < -0.39 is 11.6 Å². The fourth-order valence-corrected chi connectivity index (χ4v) is 2.78. The average molecular weight is 311 g/mol. The van der Waals surface area contributed by atoms with Crippen LogP contribution in [0.15, 0.2) is 47.3 Å². The molecule has 4 nitrogen and oxygen atoms in total. The summed E-state index contributed by atoms with van der Waals surface area (Å²) >= 11 is 0. The van der Waals surface area contributed by atoms with Gasteiger partial charge in [-0.2, -0.15) is 9.78 Å². The predicted molar refractivity (Wildman–Crippen MR) is 83.0 cm³/mol. The second kappa shape index (κ2) is 4.74. The molecule has 2 aromatic carbocycles. The Morgan fingerprint density at radius 2 is 1.78 bits per heavy atom. The molecule has 0 amide bonds. The van der Waals surface area contributed by atoms with Crippen LogP contribution < -0.4 is 5.56 Å². The number of benzene rings is 2. The zero-order valence-electron chi connectivity index (χ0n) is 12.1. The van der Waals surface area contributed by atoms with Crippen LogP contribution in [-0.4, -0.2) is 14.8 Å². The lowest BCUT2D eigenvalue weighted by atomic mass is 10.1. The van der Waals surface area contributed by atoms with Gasteiger partial charge in [0.25, 0.3) is 5.56 Å². The van der Waals surface area contributed by atoms with Gasteiger partial charge in [-0.1, -0.05) is 18.2 Å². The summed E-state index contributed by atoms with van der Waals surface area (Å²) in [7, 11) is 0. The smallest absolute Gasteiger partial charge is 0.282 e. The third kappa shape index (κ3) is 1.95. The molecule has 0 aromatic heterocycles. The molecule has 2 aromatic rings. The number of aryl methyl sites for hydroxylation is 1. The largest absolute Gasteiger partial charge is 0.358 e. The molecule has 0 bridgehead atoms. The van der Waals surface area contributed by atoms with Gasteiger partial charge in [0.15, 0.2) is 11.6 Å². The second-order valence-electron chi connectivity index (χ2n) is 5.34. The molecule has 114 valence electrons. The van der Waals surface area contributed by atoms with Gasteiger partial charge in [-0.15, -0.1) is 0 Å². The van der Waals surface area contributed by atoms with Crippen LogP contribution in [0.3, 0.4) is 0 Å². The van der Waals surface area contributed by atoms with Gasteiger partial charge in [0, 0.05) is 17.1 Å². The van der Waals surface area contributed by atoms with Crippen molar-refractivity contribution < 1.29 is 8.78 Å². The molecule has 0 fully saturated rings. The van der Waals surface area contributed by atoms with Crippen molar-refractivity contribution >= 4 is 10.9 Å². The van der Waals surface area contributed by atoms with Gasteiger partial charge in [-0.3, -0.25) is 4.79 Å². The Labute approximate surface area is 129 Å². The van der Waals surface area contributed by atoms with E-state index in [4.69, 9.17) is 0 Å². The number of fused-ring (bicyclic) bond motifs is 3. The Morgan fingerprint density at radius 3 is 2.52 bits per heavy atom. The quantitative estimate of drug-likeness (QED) is 0.586. The first kappa shape index (κ1) is 13.6. The number of para-hydroxylation sites is 1. The standard InChI is InChI=1S/C17H11F2N3O/c1-9-15-16(11-7-12(18)13(19)8-14(11)20-9)21-22(17(15)23)10-5-3-2-4-6-10/h2-8,20H,1H3. The highest BCUT2D eigenvalue weighted by Gasteiger charge is 2.22.